The highest BCUT2D eigenvalue weighted by Gasteiger charge is 2.13. The second kappa shape index (κ2) is 4.63. The standard InChI is InChI=1S/C13H12BrNOS/c1-7-5-12(17-8(7)2)13(16)9-3-4-11(15)10(14)6-9/h3-6H,15H2,1-2H3. The highest BCUT2D eigenvalue weighted by Crippen LogP contribution is 2.26. The second-order valence-corrected chi connectivity index (χ2v) is 6.03. The average molecular weight is 310 g/mol. The monoisotopic (exact) mass is 309 g/mol. The molecule has 0 saturated carbocycles. The largest absolute Gasteiger partial charge is 0.398 e. The molecule has 0 spiro atoms. The maximum absolute atomic E-state index is 12.2. The van der Waals surface area contributed by atoms with Gasteiger partial charge >= 0.3 is 0 Å². The van der Waals surface area contributed by atoms with Crippen molar-refractivity contribution in [1.29, 1.82) is 0 Å². The number of carbonyl (C=O) groups is 1. The van der Waals surface area contributed by atoms with Gasteiger partial charge in [-0.3, -0.25) is 4.79 Å². The summed E-state index contributed by atoms with van der Waals surface area (Å²) in [5, 5.41) is 0. The van der Waals surface area contributed by atoms with Crippen LogP contribution in [-0.4, -0.2) is 5.78 Å². The molecule has 0 radical (unpaired) electrons. The molecule has 2 nitrogen and oxygen atoms in total. The number of nitrogens with two attached hydrogens (primary N) is 1. The first-order chi connectivity index (χ1) is 7.99. The van der Waals surface area contributed by atoms with Gasteiger partial charge in [0.2, 0.25) is 5.78 Å². The molecule has 0 atom stereocenters. The number of ketones is 1. The number of halogens is 1. The molecular formula is C13H12BrNOS. The van der Waals surface area contributed by atoms with Crippen LogP contribution in [0.1, 0.15) is 25.7 Å². The summed E-state index contributed by atoms with van der Waals surface area (Å²) < 4.78 is 0.758. The van der Waals surface area contributed by atoms with E-state index in [1.165, 1.54) is 16.2 Å². The van der Waals surface area contributed by atoms with Gasteiger partial charge in [0.15, 0.2) is 0 Å². The summed E-state index contributed by atoms with van der Waals surface area (Å²) in [4.78, 5) is 14.2. The molecule has 0 aliphatic rings. The summed E-state index contributed by atoms with van der Waals surface area (Å²) in [6, 6.07) is 7.20. The first-order valence-corrected chi connectivity index (χ1v) is 6.76. The lowest BCUT2D eigenvalue weighted by Crippen LogP contribution is -1.99. The van der Waals surface area contributed by atoms with E-state index >= 15 is 0 Å². The van der Waals surface area contributed by atoms with E-state index < -0.39 is 0 Å². The minimum Gasteiger partial charge on any atom is -0.398 e. The first kappa shape index (κ1) is 12.3. The SMILES string of the molecule is Cc1cc(C(=O)c2ccc(N)c(Br)c2)sc1C. The van der Waals surface area contributed by atoms with Crippen molar-refractivity contribution in [2.75, 3.05) is 5.73 Å². The predicted octanol–water partition coefficient (Wildman–Crippen LogP) is 3.94. The maximum atomic E-state index is 12.2. The Hall–Kier alpha value is -1.13. The van der Waals surface area contributed by atoms with Gasteiger partial charge in [0.1, 0.15) is 0 Å². The highest BCUT2D eigenvalue weighted by molar-refractivity contribution is 9.10. The highest BCUT2D eigenvalue weighted by atomic mass is 79.9. The molecule has 0 aliphatic carbocycles. The fourth-order valence-corrected chi connectivity index (χ4v) is 2.87. The van der Waals surface area contributed by atoms with Crippen LogP contribution in [0.2, 0.25) is 0 Å². The maximum Gasteiger partial charge on any atom is 0.202 e. The molecule has 0 bridgehead atoms. The number of rotatable bonds is 2. The molecule has 88 valence electrons. The number of hydrogen-bond donors (Lipinski definition) is 1. The van der Waals surface area contributed by atoms with E-state index in [4.69, 9.17) is 5.73 Å². The van der Waals surface area contributed by atoms with Gasteiger partial charge in [-0.25, -0.2) is 0 Å². The number of thiophene rings is 1. The molecule has 0 amide bonds. The van der Waals surface area contributed by atoms with Crippen LogP contribution in [0.5, 0.6) is 0 Å². The Labute approximate surface area is 113 Å². The minimum absolute atomic E-state index is 0.0481. The van der Waals surface area contributed by atoms with Gasteiger partial charge in [-0.1, -0.05) is 0 Å². The quantitative estimate of drug-likeness (QED) is 0.674. The third-order valence-electron chi connectivity index (χ3n) is 2.65. The molecule has 1 aromatic carbocycles. The molecule has 1 aromatic heterocycles. The van der Waals surface area contributed by atoms with E-state index in [9.17, 15) is 4.79 Å². The Balaban J connectivity index is 2.40. The molecule has 0 fully saturated rings. The van der Waals surface area contributed by atoms with Gasteiger partial charge in [-0.2, -0.15) is 0 Å². The molecule has 0 aliphatic heterocycles. The fourth-order valence-electron chi connectivity index (χ4n) is 1.50. The summed E-state index contributed by atoms with van der Waals surface area (Å²) in [6.45, 7) is 4.04. The summed E-state index contributed by atoms with van der Waals surface area (Å²) in [5.74, 6) is 0.0481. The second-order valence-electron chi connectivity index (χ2n) is 3.92. The predicted molar refractivity (Wildman–Crippen MR) is 75.8 cm³/mol. The van der Waals surface area contributed by atoms with Crippen LogP contribution in [0.15, 0.2) is 28.7 Å². The Morgan fingerprint density at radius 2 is 2.00 bits per heavy atom. The van der Waals surface area contributed by atoms with Crippen molar-refractivity contribution in [2.24, 2.45) is 0 Å². The third kappa shape index (κ3) is 2.42. The zero-order valence-electron chi connectivity index (χ0n) is 9.58. The Bertz CT molecular complexity index is 570. The molecular weight excluding hydrogens is 298 g/mol. The van der Waals surface area contributed by atoms with Crippen molar-refractivity contribution >= 4 is 38.7 Å². The lowest BCUT2D eigenvalue weighted by Gasteiger charge is -2.01. The van der Waals surface area contributed by atoms with Crippen LogP contribution >= 0.6 is 27.3 Å². The summed E-state index contributed by atoms with van der Waals surface area (Å²) >= 11 is 4.86. The van der Waals surface area contributed by atoms with Gasteiger partial charge in [-0.15, -0.1) is 11.3 Å². The Morgan fingerprint density at radius 3 is 2.53 bits per heavy atom. The first-order valence-electron chi connectivity index (χ1n) is 5.16. The molecule has 0 saturated heterocycles. The molecule has 0 unspecified atom stereocenters. The van der Waals surface area contributed by atoms with Gasteiger partial charge in [0.25, 0.3) is 0 Å². The summed E-state index contributed by atoms with van der Waals surface area (Å²) in [7, 11) is 0. The lowest BCUT2D eigenvalue weighted by molar-refractivity contribution is 0.104. The van der Waals surface area contributed by atoms with Crippen LogP contribution in [-0.2, 0) is 0 Å². The topological polar surface area (TPSA) is 43.1 Å². The molecule has 2 N–H and O–H groups in total. The van der Waals surface area contributed by atoms with Crippen LogP contribution < -0.4 is 5.73 Å². The zero-order valence-corrected chi connectivity index (χ0v) is 12.0. The van der Waals surface area contributed by atoms with Gasteiger partial charge in [-0.05, 0) is 59.6 Å². The van der Waals surface area contributed by atoms with Crippen LogP contribution in [0.25, 0.3) is 0 Å². The van der Waals surface area contributed by atoms with E-state index in [2.05, 4.69) is 15.9 Å². The van der Waals surface area contributed by atoms with E-state index in [0.717, 1.165) is 14.9 Å². The molecule has 2 aromatic rings. The number of aryl methyl sites for hydroxylation is 2. The summed E-state index contributed by atoms with van der Waals surface area (Å²) in [6.07, 6.45) is 0. The summed E-state index contributed by atoms with van der Waals surface area (Å²) in [5.41, 5.74) is 8.16. The number of nitrogen functional groups attached to an aromatic ring is 1. The normalized spacial score (nSPS) is 10.5. The van der Waals surface area contributed by atoms with E-state index in [1.54, 1.807) is 18.2 Å². The number of benzene rings is 1. The molecule has 17 heavy (non-hydrogen) atoms. The lowest BCUT2D eigenvalue weighted by atomic mass is 10.1. The fraction of sp³-hybridized carbons (Fsp3) is 0.154. The van der Waals surface area contributed by atoms with Gasteiger partial charge in [0, 0.05) is 20.6 Å². The molecule has 2 rings (SSSR count). The van der Waals surface area contributed by atoms with Crippen molar-refractivity contribution in [2.45, 2.75) is 13.8 Å². The smallest absolute Gasteiger partial charge is 0.202 e. The zero-order chi connectivity index (χ0) is 12.6. The Kier molecular flexibility index (Phi) is 3.35. The third-order valence-corrected chi connectivity index (χ3v) is 4.49. The molecule has 4 heteroatoms. The van der Waals surface area contributed by atoms with E-state index in [1.807, 2.05) is 19.9 Å². The molecule has 1 heterocycles. The van der Waals surface area contributed by atoms with Crippen molar-refractivity contribution in [1.82, 2.24) is 0 Å². The van der Waals surface area contributed by atoms with E-state index in [0.29, 0.717) is 11.3 Å². The van der Waals surface area contributed by atoms with Crippen LogP contribution in [0.3, 0.4) is 0 Å². The van der Waals surface area contributed by atoms with Crippen molar-refractivity contribution in [3.8, 4) is 0 Å². The van der Waals surface area contributed by atoms with Crippen molar-refractivity contribution in [3.63, 3.8) is 0 Å². The Morgan fingerprint density at radius 1 is 1.29 bits per heavy atom. The average Bonchev–Trinajstić information content (AvgIpc) is 2.62. The van der Waals surface area contributed by atoms with Gasteiger partial charge in [0.05, 0.1) is 4.88 Å². The minimum atomic E-state index is 0.0481. The number of hydrogen-bond acceptors (Lipinski definition) is 3. The van der Waals surface area contributed by atoms with Crippen LogP contribution in [0, 0.1) is 13.8 Å². The van der Waals surface area contributed by atoms with E-state index in [-0.39, 0.29) is 5.78 Å². The van der Waals surface area contributed by atoms with Crippen molar-refractivity contribution in [3.05, 3.63) is 49.6 Å². The van der Waals surface area contributed by atoms with Crippen molar-refractivity contribution < 1.29 is 4.79 Å². The number of anilines is 1. The van der Waals surface area contributed by atoms with Gasteiger partial charge < -0.3 is 5.73 Å². The number of carbonyl (C=O) groups excluding carboxylic acids is 1. The van der Waals surface area contributed by atoms with Crippen LogP contribution in [0.4, 0.5) is 5.69 Å².